The second kappa shape index (κ2) is 10.1. The molecule has 0 radical (unpaired) electrons. The van der Waals surface area contributed by atoms with Crippen LogP contribution in [0.5, 0.6) is 0 Å². The van der Waals surface area contributed by atoms with Crippen molar-refractivity contribution in [3.8, 4) is 0 Å². The third kappa shape index (κ3) is 7.75. The number of benzene rings is 1. The molecule has 23 heavy (non-hydrogen) atoms. The van der Waals surface area contributed by atoms with Gasteiger partial charge < -0.3 is 10.2 Å². The predicted molar refractivity (Wildman–Crippen MR) is 84.5 cm³/mol. The lowest BCUT2D eigenvalue weighted by Gasteiger charge is -2.01. The molecule has 7 nitrogen and oxygen atoms in total. The highest BCUT2D eigenvalue weighted by molar-refractivity contribution is 5.98. The molecule has 0 unspecified atom stereocenters. The summed E-state index contributed by atoms with van der Waals surface area (Å²) in [5.74, 6) is -2.12. The van der Waals surface area contributed by atoms with Crippen LogP contribution in [0, 0.1) is 0 Å². The van der Waals surface area contributed by atoms with E-state index in [0.717, 1.165) is 12.8 Å². The summed E-state index contributed by atoms with van der Waals surface area (Å²) in [5, 5.41) is 21.3. The molecule has 7 heteroatoms. The molecule has 0 atom stereocenters. The van der Waals surface area contributed by atoms with Gasteiger partial charge in [0.15, 0.2) is 0 Å². The maximum absolute atomic E-state index is 11.6. The van der Waals surface area contributed by atoms with Crippen LogP contribution in [-0.2, 0) is 9.59 Å². The third-order valence-electron chi connectivity index (χ3n) is 3.13. The molecule has 0 aliphatic heterocycles. The standard InChI is InChI=1S/C16H20N2O5/c19-14(9-3-1-2-4-10-15(20)21)18-17-11-12-7-5-6-8-13(12)16(22)23/h5-8,11H,1-4,9-10H2,(H,18,19)(H,20,21)(H,22,23)/b17-11+. The van der Waals surface area contributed by atoms with Crippen LogP contribution >= 0.6 is 0 Å². The Morgan fingerprint density at radius 1 is 1.00 bits per heavy atom. The van der Waals surface area contributed by atoms with E-state index in [1.807, 2.05) is 0 Å². The fraction of sp³-hybridized carbons (Fsp3) is 0.375. The van der Waals surface area contributed by atoms with Crippen molar-refractivity contribution < 1.29 is 24.6 Å². The fourth-order valence-corrected chi connectivity index (χ4v) is 1.95. The van der Waals surface area contributed by atoms with Gasteiger partial charge in [0, 0.05) is 18.4 Å². The number of carbonyl (C=O) groups is 3. The first kappa shape index (κ1) is 18.3. The summed E-state index contributed by atoms with van der Waals surface area (Å²) in [6.45, 7) is 0. The minimum absolute atomic E-state index is 0.115. The molecule has 0 bridgehead atoms. The zero-order valence-electron chi connectivity index (χ0n) is 12.7. The first-order valence-electron chi connectivity index (χ1n) is 7.36. The molecular formula is C16H20N2O5. The number of nitrogens with one attached hydrogen (secondary N) is 1. The predicted octanol–water partition coefficient (Wildman–Crippen LogP) is 2.26. The highest BCUT2D eigenvalue weighted by Crippen LogP contribution is 2.06. The second-order valence-corrected chi connectivity index (χ2v) is 4.99. The lowest BCUT2D eigenvalue weighted by atomic mass is 10.1. The van der Waals surface area contributed by atoms with Gasteiger partial charge in [-0.15, -0.1) is 0 Å². The van der Waals surface area contributed by atoms with E-state index in [9.17, 15) is 14.4 Å². The number of unbranched alkanes of at least 4 members (excludes halogenated alkanes) is 3. The molecule has 1 rings (SSSR count). The Bertz CT molecular complexity index is 584. The Morgan fingerprint density at radius 3 is 2.30 bits per heavy atom. The third-order valence-corrected chi connectivity index (χ3v) is 3.13. The number of nitrogens with zero attached hydrogens (tertiary/aromatic N) is 1. The van der Waals surface area contributed by atoms with Crippen molar-refractivity contribution in [2.24, 2.45) is 5.10 Å². The van der Waals surface area contributed by atoms with Gasteiger partial charge in [-0.05, 0) is 18.9 Å². The molecule has 0 aliphatic rings. The number of aromatic carboxylic acids is 1. The van der Waals surface area contributed by atoms with Crippen LogP contribution in [0.2, 0.25) is 0 Å². The molecule has 0 aliphatic carbocycles. The van der Waals surface area contributed by atoms with E-state index in [-0.39, 0.29) is 17.9 Å². The fourth-order valence-electron chi connectivity index (χ4n) is 1.95. The summed E-state index contributed by atoms with van der Waals surface area (Å²) in [4.78, 5) is 32.9. The molecule has 124 valence electrons. The maximum atomic E-state index is 11.6. The van der Waals surface area contributed by atoms with Crippen LogP contribution in [-0.4, -0.2) is 34.3 Å². The van der Waals surface area contributed by atoms with Gasteiger partial charge in [-0.1, -0.05) is 31.0 Å². The number of hydrazone groups is 1. The summed E-state index contributed by atoms with van der Waals surface area (Å²) in [5.41, 5.74) is 2.88. The van der Waals surface area contributed by atoms with Gasteiger partial charge in [-0.25, -0.2) is 10.2 Å². The summed E-state index contributed by atoms with van der Waals surface area (Å²) in [7, 11) is 0. The lowest BCUT2D eigenvalue weighted by Crippen LogP contribution is -2.17. The summed E-state index contributed by atoms with van der Waals surface area (Å²) < 4.78 is 0. The van der Waals surface area contributed by atoms with E-state index < -0.39 is 11.9 Å². The van der Waals surface area contributed by atoms with Crippen molar-refractivity contribution in [1.29, 1.82) is 0 Å². The molecule has 0 saturated carbocycles. The van der Waals surface area contributed by atoms with Crippen molar-refractivity contribution in [3.05, 3.63) is 35.4 Å². The quantitative estimate of drug-likeness (QED) is 0.347. The Morgan fingerprint density at radius 2 is 1.65 bits per heavy atom. The van der Waals surface area contributed by atoms with Crippen LogP contribution in [0.1, 0.15) is 54.4 Å². The summed E-state index contributed by atoms with van der Waals surface area (Å²) in [6, 6.07) is 6.36. The monoisotopic (exact) mass is 320 g/mol. The highest BCUT2D eigenvalue weighted by atomic mass is 16.4. The van der Waals surface area contributed by atoms with Crippen molar-refractivity contribution in [2.45, 2.75) is 38.5 Å². The second-order valence-electron chi connectivity index (χ2n) is 4.99. The van der Waals surface area contributed by atoms with Gasteiger partial charge in [0.05, 0.1) is 11.8 Å². The summed E-state index contributed by atoms with van der Waals surface area (Å²) in [6.07, 6.45) is 4.58. The lowest BCUT2D eigenvalue weighted by molar-refractivity contribution is -0.137. The molecule has 0 spiro atoms. The minimum Gasteiger partial charge on any atom is -0.481 e. The average Bonchev–Trinajstić information content (AvgIpc) is 2.50. The first-order valence-corrected chi connectivity index (χ1v) is 7.36. The number of carbonyl (C=O) groups excluding carboxylic acids is 1. The molecular weight excluding hydrogens is 300 g/mol. The topological polar surface area (TPSA) is 116 Å². The summed E-state index contributed by atoms with van der Waals surface area (Å²) >= 11 is 0. The van der Waals surface area contributed by atoms with Crippen molar-refractivity contribution in [2.75, 3.05) is 0 Å². The Kier molecular flexibility index (Phi) is 8.06. The van der Waals surface area contributed by atoms with Gasteiger partial charge in [-0.3, -0.25) is 9.59 Å². The van der Waals surface area contributed by atoms with Gasteiger partial charge in [0.1, 0.15) is 0 Å². The van der Waals surface area contributed by atoms with Crippen LogP contribution < -0.4 is 5.43 Å². The van der Waals surface area contributed by atoms with Crippen LogP contribution in [0.15, 0.2) is 29.4 Å². The SMILES string of the molecule is O=C(O)CCCCCCC(=O)N/N=C/c1ccccc1C(=O)O. The van der Waals surface area contributed by atoms with Crippen molar-refractivity contribution in [1.82, 2.24) is 5.43 Å². The molecule has 1 aromatic rings. The molecule has 0 saturated heterocycles. The van der Waals surface area contributed by atoms with Gasteiger partial charge >= 0.3 is 11.9 Å². The minimum atomic E-state index is -1.06. The van der Waals surface area contributed by atoms with Crippen molar-refractivity contribution >= 4 is 24.1 Å². The Hall–Kier alpha value is -2.70. The number of hydrogen-bond acceptors (Lipinski definition) is 4. The van der Waals surface area contributed by atoms with E-state index in [2.05, 4.69) is 10.5 Å². The number of amides is 1. The number of aliphatic carboxylic acids is 1. The van der Waals surface area contributed by atoms with E-state index in [0.29, 0.717) is 24.8 Å². The van der Waals surface area contributed by atoms with Gasteiger partial charge in [0.2, 0.25) is 5.91 Å². The largest absolute Gasteiger partial charge is 0.481 e. The zero-order valence-corrected chi connectivity index (χ0v) is 12.7. The van der Waals surface area contributed by atoms with E-state index in [1.165, 1.54) is 12.3 Å². The zero-order chi connectivity index (χ0) is 17.1. The van der Waals surface area contributed by atoms with Gasteiger partial charge in [-0.2, -0.15) is 5.10 Å². The van der Waals surface area contributed by atoms with E-state index in [4.69, 9.17) is 10.2 Å². The number of hydrogen-bond donors (Lipinski definition) is 3. The maximum Gasteiger partial charge on any atom is 0.336 e. The normalized spacial score (nSPS) is 10.6. The molecule has 1 amide bonds. The molecule has 0 fully saturated rings. The number of carboxylic acid groups (broad SMARTS) is 2. The van der Waals surface area contributed by atoms with Crippen molar-refractivity contribution in [3.63, 3.8) is 0 Å². The first-order chi connectivity index (χ1) is 11.0. The van der Waals surface area contributed by atoms with E-state index in [1.54, 1.807) is 18.2 Å². The van der Waals surface area contributed by atoms with Crippen LogP contribution in [0.3, 0.4) is 0 Å². The average molecular weight is 320 g/mol. The van der Waals surface area contributed by atoms with Crippen LogP contribution in [0.25, 0.3) is 0 Å². The van der Waals surface area contributed by atoms with Crippen LogP contribution in [0.4, 0.5) is 0 Å². The molecule has 0 aromatic heterocycles. The Labute approximate surface area is 134 Å². The number of carboxylic acids is 2. The Balaban J connectivity index is 2.28. The van der Waals surface area contributed by atoms with Gasteiger partial charge in [0.25, 0.3) is 0 Å². The van der Waals surface area contributed by atoms with E-state index >= 15 is 0 Å². The smallest absolute Gasteiger partial charge is 0.336 e. The molecule has 1 aromatic carbocycles. The molecule has 3 N–H and O–H groups in total. The number of rotatable bonds is 10. The molecule has 0 heterocycles. The highest BCUT2D eigenvalue weighted by Gasteiger charge is 2.06.